The van der Waals surface area contributed by atoms with E-state index in [1.807, 2.05) is 60.7 Å². The van der Waals surface area contributed by atoms with E-state index in [4.69, 9.17) is 8.94 Å². The summed E-state index contributed by atoms with van der Waals surface area (Å²) in [6, 6.07) is 25.2. The van der Waals surface area contributed by atoms with Crippen LogP contribution in [0.15, 0.2) is 94.1 Å². The van der Waals surface area contributed by atoms with Gasteiger partial charge in [-0.3, -0.25) is 4.79 Å². The second kappa shape index (κ2) is 8.26. The Balaban J connectivity index is 1.41. The largest absolute Gasteiger partial charge is 0.461 e. The van der Waals surface area contributed by atoms with Gasteiger partial charge >= 0.3 is 0 Å². The van der Waals surface area contributed by atoms with Crippen molar-refractivity contribution in [3.63, 3.8) is 0 Å². The molecule has 2 heterocycles. The molecule has 0 saturated heterocycles. The predicted octanol–water partition coefficient (Wildman–Crippen LogP) is 4.50. The molecule has 2 aromatic carbocycles. The molecule has 0 saturated carbocycles. The molecule has 4 rings (SSSR count). The average molecular weight is 373 g/mol. The van der Waals surface area contributed by atoms with Gasteiger partial charge in [-0.15, -0.1) is 0 Å². The SMILES string of the molecule is O=C(NCCN(c1ccccc1)c1ccccc1)c1cc(-c2ccco2)on1. The third kappa shape index (κ3) is 3.96. The average Bonchev–Trinajstić information content (AvgIpc) is 3.44. The Labute approximate surface area is 162 Å². The lowest BCUT2D eigenvalue weighted by atomic mass is 10.2. The molecule has 140 valence electrons. The number of nitrogens with one attached hydrogen (secondary N) is 1. The summed E-state index contributed by atoms with van der Waals surface area (Å²) in [5, 5.41) is 6.72. The Morgan fingerprint density at radius 1 is 0.893 bits per heavy atom. The van der Waals surface area contributed by atoms with Crippen molar-refractivity contribution in [2.45, 2.75) is 0 Å². The highest BCUT2D eigenvalue weighted by atomic mass is 16.5. The molecule has 0 spiro atoms. The number of carbonyl (C=O) groups is 1. The molecule has 0 aliphatic heterocycles. The fraction of sp³-hybridized carbons (Fsp3) is 0.0909. The number of rotatable bonds is 7. The van der Waals surface area contributed by atoms with E-state index in [0.29, 0.717) is 24.6 Å². The fourth-order valence-corrected chi connectivity index (χ4v) is 2.91. The van der Waals surface area contributed by atoms with Crippen LogP contribution in [0.2, 0.25) is 0 Å². The van der Waals surface area contributed by atoms with Crippen molar-refractivity contribution < 1.29 is 13.7 Å². The van der Waals surface area contributed by atoms with Crippen LogP contribution in [-0.4, -0.2) is 24.2 Å². The second-order valence-electron chi connectivity index (χ2n) is 6.13. The Morgan fingerprint density at radius 2 is 1.57 bits per heavy atom. The van der Waals surface area contributed by atoms with Crippen molar-refractivity contribution in [1.82, 2.24) is 10.5 Å². The van der Waals surface area contributed by atoms with Crippen LogP contribution < -0.4 is 10.2 Å². The zero-order valence-corrected chi connectivity index (χ0v) is 15.1. The van der Waals surface area contributed by atoms with E-state index in [9.17, 15) is 4.79 Å². The summed E-state index contributed by atoms with van der Waals surface area (Å²) in [4.78, 5) is 14.5. The molecular formula is C22H19N3O3. The molecule has 1 N–H and O–H groups in total. The van der Waals surface area contributed by atoms with Crippen LogP contribution in [0, 0.1) is 0 Å². The monoisotopic (exact) mass is 373 g/mol. The lowest BCUT2D eigenvalue weighted by Gasteiger charge is -2.25. The van der Waals surface area contributed by atoms with E-state index < -0.39 is 0 Å². The number of furan rings is 1. The van der Waals surface area contributed by atoms with Crippen LogP contribution in [-0.2, 0) is 0 Å². The van der Waals surface area contributed by atoms with E-state index in [2.05, 4.69) is 15.4 Å². The molecule has 1 amide bonds. The van der Waals surface area contributed by atoms with Crippen LogP contribution in [0.4, 0.5) is 11.4 Å². The van der Waals surface area contributed by atoms with Gasteiger partial charge in [0.2, 0.25) is 5.76 Å². The van der Waals surface area contributed by atoms with Gasteiger partial charge in [0.05, 0.1) is 6.26 Å². The third-order valence-electron chi connectivity index (χ3n) is 4.26. The molecule has 0 unspecified atom stereocenters. The highest BCUT2D eigenvalue weighted by molar-refractivity contribution is 5.93. The topological polar surface area (TPSA) is 71.5 Å². The Kier molecular flexibility index (Phi) is 5.20. The molecule has 2 aromatic heterocycles. The van der Waals surface area contributed by atoms with Crippen LogP contribution in [0.5, 0.6) is 0 Å². The minimum atomic E-state index is -0.289. The smallest absolute Gasteiger partial charge is 0.273 e. The Bertz CT molecular complexity index is 972. The first-order valence-electron chi connectivity index (χ1n) is 8.98. The summed E-state index contributed by atoms with van der Waals surface area (Å²) in [5.74, 6) is 0.666. The van der Waals surface area contributed by atoms with Crippen molar-refractivity contribution in [3.8, 4) is 11.5 Å². The number of hydrogen-bond acceptors (Lipinski definition) is 5. The van der Waals surface area contributed by atoms with Crippen molar-refractivity contribution in [1.29, 1.82) is 0 Å². The molecule has 6 heteroatoms. The number of hydrogen-bond donors (Lipinski definition) is 1. The van der Waals surface area contributed by atoms with Crippen LogP contribution in [0.25, 0.3) is 11.5 Å². The van der Waals surface area contributed by atoms with Gasteiger partial charge in [-0.05, 0) is 36.4 Å². The lowest BCUT2D eigenvalue weighted by Crippen LogP contribution is -2.32. The zero-order chi connectivity index (χ0) is 19.2. The van der Waals surface area contributed by atoms with Gasteiger partial charge < -0.3 is 19.2 Å². The van der Waals surface area contributed by atoms with Crippen molar-refractivity contribution in [2.75, 3.05) is 18.0 Å². The van der Waals surface area contributed by atoms with E-state index in [-0.39, 0.29) is 11.6 Å². The molecule has 0 bridgehead atoms. The van der Waals surface area contributed by atoms with E-state index in [0.717, 1.165) is 11.4 Å². The summed E-state index contributed by atoms with van der Waals surface area (Å²) >= 11 is 0. The summed E-state index contributed by atoms with van der Waals surface area (Å²) in [6.07, 6.45) is 1.54. The number of carbonyl (C=O) groups excluding carboxylic acids is 1. The first-order valence-corrected chi connectivity index (χ1v) is 8.98. The number of para-hydroxylation sites is 2. The minimum absolute atomic E-state index is 0.220. The molecule has 0 fully saturated rings. The molecule has 28 heavy (non-hydrogen) atoms. The molecule has 0 radical (unpaired) electrons. The normalized spacial score (nSPS) is 10.6. The first-order chi connectivity index (χ1) is 13.8. The van der Waals surface area contributed by atoms with Gasteiger partial charge in [-0.1, -0.05) is 41.6 Å². The molecule has 0 aliphatic carbocycles. The van der Waals surface area contributed by atoms with Crippen molar-refractivity contribution in [3.05, 3.63) is 90.8 Å². The highest BCUT2D eigenvalue weighted by Crippen LogP contribution is 2.24. The Hall–Kier alpha value is -3.80. The number of amides is 1. The minimum Gasteiger partial charge on any atom is -0.461 e. The van der Waals surface area contributed by atoms with Gasteiger partial charge in [0.25, 0.3) is 5.91 Å². The predicted molar refractivity (Wildman–Crippen MR) is 106 cm³/mol. The molecule has 4 aromatic rings. The summed E-state index contributed by atoms with van der Waals surface area (Å²) < 4.78 is 10.4. The van der Waals surface area contributed by atoms with Gasteiger partial charge in [0.15, 0.2) is 11.5 Å². The summed E-state index contributed by atoms with van der Waals surface area (Å²) in [7, 11) is 0. The van der Waals surface area contributed by atoms with E-state index in [1.54, 1.807) is 24.5 Å². The molecule has 0 aliphatic rings. The maximum absolute atomic E-state index is 12.4. The van der Waals surface area contributed by atoms with Gasteiger partial charge in [-0.2, -0.15) is 0 Å². The number of nitrogens with zero attached hydrogens (tertiary/aromatic N) is 2. The quantitative estimate of drug-likeness (QED) is 0.516. The Morgan fingerprint density at radius 3 is 2.18 bits per heavy atom. The zero-order valence-electron chi connectivity index (χ0n) is 15.1. The molecule has 6 nitrogen and oxygen atoms in total. The van der Waals surface area contributed by atoms with Gasteiger partial charge in [0.1, 0.15) is 0 Å². The first kappa shape index (κ1) is 17.6. The van der Waals surface area contributed by atoms with Crippen LogP contribution in [0.1, 0.15) is 10.5 Å². The van der Waals surface area contributed by atoms with Gasteiger partial charge in [-0.25, -0.2) is 0 Å². The van der Waals surface area contributed by atoms with Crippen LogP contribution in [0.3, 0.4) is 0 Å². The number of anilines is 2. The lowest BCUT2D eigenvalue weighted by molar-refractivity contribution is 0.0946. The van der Waals surface area contributed by atoms with E-state index in [1.165, 1.54) is 0 Å². The van der Waals surface area contributed by atoms with Gasteiger partial charge in [0, 0.05) is 30.5 Å². The summed E-state index contributed by atoms with van der Waals surface area (Å²) in [6.45, 7) is 1.06. The second-order valence-corrected chi connectivity index (χ2v) is 6.13. The van der Waals surface area contributed by atoms with E-state index >= 15 is 0 Å². The number of aromatic nitrogens is 1. The van der Waals surface area contributed by atoms with Crippen LogP contribution >= 0.6 is 0 Å². The van der Waals surface area contributed by atoms with Crippen molar-refractivity contribution in [2.24, 2.45) is 0 Å². The maximum atomic E-state index is 12.4. The van der Waals surface area contributed by atoms with Crippen molar-refractivity contribution >= 4 is 17.3 Å². The standard InChI is InChI=1S/C22H19N3O3/c26-22(19-16-21(28-24-19)20-12-7-15-27-20)23-13-14-25(17-8-3-1-4-9-17)18-10-5-2-6-11-18/h1-12,15-16H,13-14H2,(H,23,26). The fourth-order valence-electron chi connectivity index (χ4n) is 2.91. The third-order valence-corrected chi connectivity index (χ3v) is 4.26. The molecule has 0 atom stereocenters. The summed E-state index contributed by atoms with van der Waals surface area (Å²) in [5.41, 5.74) is 2.34. The number of benzene rings is 2. The highest BCUT2D eigenvalue weighted by Gasteiger charge is 2.15. The molecular weight excluding hydrogens is 354 g/mol. The maximum Gasteiger partial charge on any atom is 0.273 e.